The predicted molar refractivity (Wildman–Crippen MR) is 140 cm³/mol. The Hall–Kier alpha value is -4.78. The van der Waals surface area contributed by atoms with Gasteiger partial charge in [0.15, 0.2) is 23.0 Å². The first-order chi connectivity index (χ1) is 18.9. The van der Waals surface area contributed by atoms with Crippen LogP contribution in [0.2, 0.25) is 0 Å². The van der Waals surface area contributed by atoms with Crippen molar-refractivity contribution < 1.29 is 18.6 Å². The number of benzene rings is 2. The summed E-state index contributed by atoms with van der Waals surface area (Å²) >= 11 is 0. The standard InChI is InChI=1S/C26H26FN7O5/c1-32-24-22(28-15-29-24)25(35)33(26(32)36)11-10-21-30-23(16-4-7-18(8-5-16)39-13-12-37-2)31-34(21)17-6-9-19(27)20(14-17)38-3/h4-9,14-15H,10-13H2,1-3H3,(H,28,29). The Bertz CT molecular complexity index is 1740. The Morgan fingerprint density at radius 2 is 1.85 bits per heavy atom. The number of fused-ring (bicyclic) bond motifs is 1. The Labute approximate surface area is 221 Å². The van der Waals surface area contributed by atoms with E-state index in [0.29, 0.717) is 36.3 Å². The highest BCUT2D eigenvalue weighted by Gasteiger charge is 2.18. The van der Waals surface area contributed by atoms with Gasteiger partial charge in [-0.1, -0.05) is 0 Å². The lowest BCUT2D eigenvalue weighted by atomic mass is 10.2. The Balaban J connectivity index is 1.52. The number of nitrogens with one attached hydrogen (secondary N) is 1. The first-order valence-corrected chi connectivity index (χ1v) is 12.1. The maximum atomic E-state index is 14.1. The lowest BCUT2D eigenvalue weighted by Gasteiger charge is -2.10. The van der Waals surface area contributed by atoms with Gasteiger partial charge >= 0.3 is 5.69 Å². The van der Waals surface area contributed by atoms with E-state index in [1.807, 2.05) is 12.1 Å². The molecule has 13 heteroatoms. The zero-order chi connectivity index (χ0) is 27.5. The minimum Gasteiger partial charge on any atom is -0.494 e. The molecule has 5 aromatic rings. The van der Waals surface area contributed by atoms with Crippen molar-refractivity contribution in [3.63, 3.8) is 0 Å². The van der Waals surface area contributed by atoms with Crippen molar-refractivity contribution >= 4 is 11.2 Å². The smallest absolute Gasteiger partial charge is 0.332 e. The molecule has 39 heavy (non-hydrogen) atoms. The van der Waals surface area contributed by atoms with Gasteiger partial charge in [-0.3, -0.25) is 13.9 Å². The van der Waals surface area contributed by atoms with Crippen LogP contribution in [0.5, 0.6) is 11.5 Å². The zero-order valence-electron chi connectivity index (χ0n) is 21.5. The summed E-state index contributed by atoms with van der Waals surface area (Å²) in [5, 5.41) is 4.66. The highest BCUT2D eigenvalue weighted by atomic mass is 19.1. The molecule has 0 aliphatic rings. The molecular formula is C26H26FN7O5. The van der Waals surface area contributed by atoms with Gasteiger partial charge in [0.05, 0.1) is 25.7 Å². The van der Waals surface area contributed by atoms with Crippen LogP contribution in [-0.2, 0) is 24.8 Å². The minimum atomic E-state index is -0.518. The van der Waals surface area contributed by atoms with Crippen LogP contribution in [0.3, 0.4) is 0 Å². The van der Waals surface area contributed by atoms with E-state index in [1.54, 1.807) is 37.0 Å². The SMILES string of the molecule is COCCOc1ccc(-c2nc(CCn3c(=O)c4[nH]cnc4n(C)c3=O)n(-c3ccc(F)c(OC)c3)n2)cc1. The third-order valence-electron chi connectivity index (χ3n) is 6.20. The molecular weight excluding hydrogens is 509 g/mol. The average molecular weight is 536 g/mol. The Kier molecular flexibility index (Phi) is 7.23. The minimum absolute atomic E-state index is 0.0310. The summed E-state index contributed by atoms with van der Waals surface area (Å²) in [6, 6.07) is 11.6. The molecule has 0 spiro atoms. The van der Waals surface area contributed by atoms with Gasteiger partial charge in [-0.2, -0.15) is 0 Å². The molecule has 3 aromatic heterocycles. The molecule has 0 unspecified atom stereocenters. The fourth-order valence-corrected chi connectivity index (χ4v) is 4.16. The van der Waals surface area contributed by atoms with Gasteiger partial charge in [0.1, 0.15) is 23.7 Å². The first kappa shape index (κ1) is 25.9. The lowest BCUT2D eigenvalue weighted by molar-refractivity contribution is 0.146. The number of hydrogen-bond acceptors (Lipinski definition) is 8. The number of ether oxygens (including phenoxy) is 3. The lowest BCUT2D eigenvalue weighted by Crippen LogP contribution is -2.39. The number of H-pyrrole nitrogens is 1. The van der Waals surface area contributed by atoms with E-state index in [0.717, 1.165) is 10.1 Å². The van der Waals surface area contributed by atoms with Gasteiger partial charge in [0.2, 0.25) is 0 Å². The number of aromatic amines is 1. The monoisotopic (exact) mass is 535 g/mol. The van der Waals surface area contributed by atoms with Gasteiger partial charge < -0.3 is 19.2 Å². The quantitative estimate of drug-likeness (QED) is 0.269. The van der Waals surface area contributed by atoms with Crippen molar-refractivity contribution in [1.82, 2.24) is 33.9 Å². The van der Waals surface area contributed by atoms with Crippen molar-refractivity contribution in [3.05, 3.63) is 81.3 Å². The van der Waals surface area contributed by atoms with Crippen LogP contribution in [0.25, 0.3) is 28.2 Å². The maximum absolute atomic E-state index is 14.1. The summed E-state index contributed by atoms with van der Waals surface area (Å²) in [4.78, 5) is 37.4. The zero-order valence-corrected chi connectivity index (χ0v) is 21.5. The summed E-state index contributed by atoms with van der Waals surface area (Å²) in [7, 11) is 4.53. The second kappa shape index (κ2) is 10.9. The van der Waals surface area contributed by atoms with Gasteiger partial charge in [0.25, 0.3) is 5.56 Å². The summed E-state index contributed by atoms with van der Waals surface area (Å²) in [6.45, 7) is 0.920. The van der Waals surface area contributed by atoms with Crippen LogP contribution in [0.4, 0.5) is 4.39 Å². The van der Waals surface area contributed by atoms with Gasteiger partial charge in [-0.15, -0.1) is 5.10 Å². The first-order valence-electron chi connectivity index (χ1n) is 12.1. The van der Waals surface area contributed by atoms with Crippen molar-refractivity contribution in [2.45, 2.75) is 13.0 Å². The van der Waals surface area contributed by atoms with Gasteiger partial charge in [-0.25, -0.2) is 23.8 Å². The van der Waals surface area contributed by atoms with Crippen molar-refractivity contribution in [3.8, 4) is 28.6 Å². The molecule has 0 amide bonds. The highest BCUT2D eigenvalue weighted by Crippen LogP contribution is 2.25. The fraction of sp³-hybridized carbons (Fsp3) is 0.269. The molecule has 3 heterocycles. The molecule has 0 fully saturated rings. The molecule has 12 nitrogen and oxygen atoms in total. The molecule has 0 aliphatic carbocycles. The van der Waals surface area contributed by atoms with E-state index >= 15 is 0 Å². The molecule has 2 aromatic carbocycles. The molecule has 5 rings (SSSR count). The van der Waals surface area contributed by atoms with E-state index < -0.39 is 17.1 Å². The van der Waals surface area contributed by atoms with Crippen LogP contribution in [0.15, 0.2) is 58.4 Å². The molecule has 0 atom stereocenters. The number of aromatic nitrogens is 7. The molecule has 0 bridgehead atoms. The van der Waals surface area contributed by atoms with Crippen LogP contribution in [0, 0.1) is 5.82 Å². The second-order valence-corrected chi connectivity index (χ2v) is 8.60. The maximum Gasteiger partial charge on any atom is 0.332 e. The van der Waals surface area contributed by atoms with Crippen LogP contribution in [0.1, 0.15) is 5.82 Å². The number of imidazole rings is 1. The summed E-state index contributed by atoms with van der Waals surface area (Å²) in [5.41, 5.74) is 0.749. The van der Waals surface area contributed by atoms with Gasteiger partial charge in [-0.05, 0) is 36.4 Å². The Morgan fingerprint density at radius 1 is 1.05 bits per heavy atom. The Morgan fingerprint density at radius 3 is 2.59 bits per heavy atom. The summed E-state index contributed by atoms with van der Waals surface area (Å²) < 4.78 is 33.9. The fourth-order valence-electron chi connectivity index (χ4n) is 4.16. The normalized spacial score (nSPS) is 11.3. The van der Waals surface area contributed by atoms with Gasteiger partial charge in [0, 0.05) is 38.8 Å². The van der Waals surface area contributed by atoms with E-state index in [9.17, 15) is 14.0 Å². The van der Waals surface area contributed by atoms with Crippen molar-refractivity contribution in [2.24, 2.45) is 7.05 Å². The second-order valence-electron chi connectivity index (χ2n) is 8.60. The number of halogens is 1. The third kappa shape index (κ3) is 5.03. The largest absolute Gasteiger partial charge is 0.494 e. The number of nitrogens with zero attached hydrogens (tertiary/aromatic N) is 6. The molecule has 0 radical (unpaired) electrons. The summed E-state index contributed by atoms with van der Waals surface area (Å²) in [6.07, 6.45) is 1.55. The molecule has 202 valence electrons. The number of rotatable bonds is 10. The van der Waals surface area contributed by atoms with Crippen molar-refractivity contribution in [1.29, 1.82) is 0 Å². The summed E-state index contributed by atoms with van der Waals surface area (Å²) in [5.74, 6) is 1.06. The van der Waals surface area contributed by atoms with Crippen LogP contribution in [-0.4, -0.2) is 61.3 Å². The van der Waals surface area contributed by atoms with Crippen molar-refractivity contribution in [2.75, 3.05) is 27.4 Å². The van der Waals surface area contributed by atoms with E-state index in [-0.39, 0.29) is 29.9 Å². The number of hydrogen-bond donors (Lipinski definition) is 1. The molecule has 0 saturated carbocycles. The van der Waals surface area contributed by atoms with E-state index in [2.05, 4.69) is 15.1 Å². The topological polar surface area (TPSA) is 131 Å². The predicted octanol–water partition coefficient (Wildman–Crippen LogP) is 2.09. The molecule has 0 saturated heterocycles. The van der Waals surface area contributed by atoms with E-state index in [4.69, 9.17) is 19.2 Å². The number of methoxy groups -OCH3 is 2. The average Bonchev–Trinajstić information content (AvgIpc) is 3.61. The third-order valence-corrected chi connectivity index (χ3v) is 6.20. The van der Waals surface area contributed by atoms with E-state index in [1.165, 1.54) is 30.1 Å². The molecule has 1 N–H and O–H groups in total. The van der Waals surface area contributed by atoms with Crippen LogP contribution >= 0.6 is 0 Å². The molecule has 0 aliphatic heterocycles. The van der Waals surface area contributed by atoms with Crippen LogP contribution < -0.4 is 20.7 Å². The number of aryl methyl sites for hydroxylation is 2. The highest BCUT2D eigenvalue weighted by molar-refractivity contribution is 5.68.